The minimum atomic E-state index is 0.0902. The average molecular weight is 246 g/mol. The number of rotatable bonds is 4. The van der Waals surface area contributed by atoms with Crippen molar-refractivity contribution in [2.75, 3.05) is 5.73 Å². The summed E-state index contributed by atoms with van der Waals surface area (Å²) < 4.78 is 0. The van der Waals surface area contributed by atoms with Crippen LogP contribution < -0.4 is 5.73 Å². The van der Waals surface area contributed by atoms with E-state index >= 15 is 0 Å². The molecular formula is C13H14N2OS. The second-order valence-corrected chi connectivity index (χ2v) is 4.69. The van der Waals surface area contributed by atoms with Crippen molar-refractivity contribution in [1.82, 2.24) is 4.98 Å². The Morgan fingerprint density at radius 1 is 1.06 bits per heavy atom. The van der Waals surface area contributed by atoms with Gasteiger partial charge >= 0.3 is 0 Å². The number of pyridine rings is 1. The van der Waals surface area contributed by atoms with Gasteiger partial charge in [-0.15, -0.1) is 11.8 Å². The summed E-state index contributed by atoms with van der Waals surface area (Å²) in [5.74, 6) is 0.864. The van der Waals surface area contributed by atoms with Crippen LogP contribution in [0.3, 0.4) is 0 Å². The highest BCUT2D eigenvalue weighted by Crippen LogP contribution is 2.21. The van der Waals surface area contributed by atoms with Crippen LogP contribution in [-0.2, 0) is 12.4 Å². The van der Waals surface area contributed by atoms with Crippen LogP contribution in [0, 0.1) is 0 Å². The highest BCUT2D eigenvalue weighted by molar-refractivity contribution is 7.98. The van der Waals surface area contributed by atoms with Crippen LogP contribution >= 0.6 is 11.8 Å². The van der Waals surface area contributed by atoms with E-state index in [1.54, 1.807) is 18.0 Å². The number of aliphatic hydroxyl groups excluding tert-OH is 1. The number of nitrogens with two attached hydrogens (primary N) is 1. The SMILES string of the molecule is Nc1ccc(SCc2ccc(CO)cc2)nc1. The predicted octanol–water partition coefficient (Wildman–Crippen LogP) is 2.45. The van der Waals surface area contributed by atoms with Crippen LogP contribution in [0.4, 0.5) is 5.69 Å². The molecule has 0 unspecified atom stereocenters. The minimum absolute atomic E-state index is 0.0902. The molecule has 0 spiro atoms. The first kappa shape index (κ1) is 12.0. The molecule has 0 radical (unpaired) electrons. The Morgan fingerprint density at radius 3 is 2.35 bits per heavy atom. The van der Waals surface area contributed by atoms with E-state index in [2.05, 4.69) is 4.98 Å². The molecule has 0 atom stereocenters. The summed E-state index contributed by atoms with van der Waals surface area (Å²) in [6.07, 6.45) is 1.66. The van der Waals surface area contributed by atoms with Gasteiger partial charge in [-0.3, -0.25) is 0 Å². The molecule has 0 fully saturated rings. The molecule has 4 heteroatoms. The molecule has 1 aromatic heterocycles. The number of hydrogen-bond donors (Lipinski definition) is 2. The van der Waals surface area contributed by atoms with Crippen LogP contribution in [0.1, 0.15) is 11.1 Å². The van der Waals surface area contributed by atoms with Crippen molar-refractivity contribution in [3.8, 4) is 0 Å². The molecule has 0 aliphatic rings. The van der Waals surface area contributed by atoms with Gasteiger partial charge in [-0.05, 0) is 23.3 Å². The lowest BCUT2D eigenvalue weighted by molar-refractivity contribution is 0.282. The molecule has 17 heavy (non-hydrogen) atoms. The van der Waals surface area contributed by atoms with Crippen LogP contribution in [0.5, 0.6) is 0 Å². The maximum atomic E-state index is 8.94. The molecule has 0 bridgehead atoms. The van der Waals surface area contributed by atoms with Crippen LogP contribution in [0.15, 0.2) is 47.6 Å². The lowest BCUT2D eigenvalue weighted by Gasteiger charge is -2.03. The van der Waals surface area contributed by atoms with E-state index in [1.165, 1.54) is 5.56 Å². The Morgan fingerprint density at radius 2 is 1.76 bits per heavy atom. The van der Waals surface area contributed by atoms with Crippen molar-refractivity contribution in [2.24, 2.45) is 0 Å². The number of nitrogens with zero attached hydrogens (tertiary/aromatic N) is 1. The molecule has 3 nitrogen and oxygen atoms in total. The zero-order chi connectivity index (χ0) is 12.1. The van der Waals surface area contributed by atoms with Gasteiger partial charge in [-0.1, -0.05) is 24.3 Å². The summed E-state index contributed by atoms with van der Waals surface area (Å²) in [6.45, 7) is 0.0902. The first-order chi connectivity index (χ1) is 8.28. The number of aromatic nitrogens is 1. The third-order valence-corrected chi connectivity index (χ3v) is 3.37. The maximum absolute atomic E-state index is 8.94. The fourth-order valence-electron chi connectivity index (χ4n) is 1.38. The smallest absolute Gasteiger partial charge is 0.0964 e. The zero-order valence-corrected chi connectivity index (χ0v) is 10.2. The summed E-state index contributed by atoms with van der Waals surface area (Å²) >= 11 is 1.67. The van der Waals surface area contributed by atoms with Gasteiger partial charge in [0, 0.05) is 5.75 Å². The largest absolute Gasteiger partial charge is 0.397 e. The molecule has 3 N–H and O–H groups in total. The lowest BCUT2D eigenvalue weighted by Crippen LogP contribution is -1.88. The number of aliphatic hydroxyl groups is 1. The lowest BCUT2D eigenvalue weighted by atomic mass is 10.2. The van der Waals surface area contributed by atoms with Gasteiger partial charge in [0.15, 0.2) is 0 Å². The molecular weight excluding hydrogens is 232 g/mol. The van der Waals surface area contributed by atoms with Gasteiger partial charge in [-0.25, -0.2) is 4.98 Å². The Hall–Kier alpha value is -1.52. The Balaban J connectivity index is 1.95. The third kappa shape index (κ3) is 3.47. The minimum Gasteiger partial charge on any atom is -0.397 e. The molecule has 0 saturated heterocycles. The van der Waals surface area contributed by atoms with Crippen molar-refractivity contribution >= 4 is 17.4 Å². The van der Waals surface area contributed by atoms with Gasteiger partial charge in [0.2, 0.25) is 0 Å². The molecule has 2 rings (SSSR count). The molecule has 0 amide bonds. The van der Waals surface area contributed by atoms with Crippen LogP contribution in [-0.4, -0.2) is 10.1 Å². The van der Waals surface area contributed by atoms with E-state index in [9.17, 15) is 0 Å². The topological polar surface area (TPSA) is 59.1 Å². The molecule has 1 aromatic carbocycles. The van der Waals surface area contributed by atoms with E-state index in [4.69, 9.17) is 10.8 Å². The molecule has 1 heterocycles. The number of anilines is 1. The number of nitrogen functional groups attached to an aromatic ring is 1. The first-order valence-electron chi connectivity index (χ1n) is 5.31. The average Bonchev–Trinajstić information content (AvgIpc) is 2.39. The van der Waals surface area contributed by atoms with E-state index in [1.807, 2.05) is 36.4 Å². The monoisotopic (exact) mass is 246 g/mol. The van der Waals surface area contributed by atoms with Crippen LogP contribution in [0.2, 0.25) is 0 Å². The Bertz CT molecular complexity index is 468. The number of hydrogen-bond acceptors (Lipinski definition) is 4. The molecule has 2 aromatic rings. The second-order valence-electron chi connectivity index (χ2n) is 3.69. The van der Waals surface area contributed by atoms with Crippen molar-refractivity contribution in [1.29, 1.82) is 0 Å². The van der Waals surface area contributed by atoms with Gasteiger partial charge in [0.05, 0.1) is 23.5 Å². The summed E-state index contributed by atoms with van der Waals surface area (Å²) in [6, 6.07) is 11.7. The van der Waals surface area contributed by atoms with E-state index in [0.717, 1.165) is 16.3 Å². The fourth-order valence-corrected chi connectivity index (χ4v) is 2.17. The Kier molecular flexibility index (Phi) is 4.01. The molecule has 0 aliphatic carbocycles. The fraction of sp³-hybridized carbons (Fsp3) is 0.154. The first-order valence-corrected chi connectivity index (χ1v) is 6.29. The summed E-state index contributed by atoms with van der Waals surface area (Å²) in [5.41, 5.74) is 8.40. The number of thioether (sulfide) groups is 1. The van der Waals surface area contributed by atoms with E-state index in [-0.39, 0.29) is 6.61 Å². The summed E-state index contributed by atoms with van der Waals surface area (Å²) in [4.78, 5) is 4.23. The Labute approximate surface area is 105 Å². The quantitative estimate of drug-likeness (QED) is 0.814. The normalized spacial score (nSPS) is 10.4. The van der Waals surface area contributed by atoms with E-state index < -0.39 is 0 Å². The number of benzene rings is 1. The van der Waals surface area contributed by atoms with Crippen molar-refractivity contribution in [3.63, 3.8) is 0 Å². The highest BCUT2D eigenvalue weighted by atomic mass is 32.2. The highest BCUT2D eigenvalue weighted by Gasteiger charge is 1.98. The van der Waals surface area contributed by atoms with Crippen molar-refractivity contribution in [3.05, 3.63) is 53.7 Å². The predicted molar refractivity (Wildman–Crippen MR) is 70.6 cm³/mol. The van der Waals surface area contributed by atoms with Crippen molar-refractivity contribution < 1.29 is 5.11 Å². The zero-order valence-electron chi connectivity index (χ0n) is 9.34. The molecule has 0 saturated carbocycles. The standard InChI is InChI=1S/C13H14N2OS/c14-12-5-6-13(15-7-12)17-9-11-3-1-10(8-16)2-4-11/h1-7,16H,8-9,14H2. The third-order valence-electron chi connectivity index (χ3n) is 2.35. The van der Waals surface area contributed by atoms with Gasteiger partial charge in [-0.2, -0.15) is 0 Å². The summed E-state index contributed by atoms with van der Waals surface area (Å²) in [7, 11) is 0. The summed E-state index contributed by atoms with van der Waals surface area (Å²) in [5, 5.41) is 9.90. The van der Waals surface area contributed by atoms with Crippen LogP contribution in [0.25, 0.3) is 0 Å². The second kappa shape index (κ2) is 5.70. The maximum Gasteiger partial charge on any atom is 0.0964 e. The van der Waals surface area contributed by atoms with E-state index in [0.29, 0.717) is 5.69 Å². The molecule has 0 aliphatic heterocycles. The van der Waals surface area contributed by atoms with Gasteiger partial charge in [0.1, 0.15) is 0 Å². The van der Waals surface area contributed by atoms with Gasteiger partial charge < -0.3 is 10.8 Å². The van der Waals surface area contributed by atoms with Gasteiger partial charge in [0.25, 0.3) is 0 Å². The molecule has 88 valence electrons. The van der Waals surface area contributed by atoms with Crippen molar-refractivity contribution in [2.45, 2.75) is 17.4 Å².